The van der Waals surface area contributed by atoms with E-state index in [4.69, 9.17) is 4.74 Å². The molecule has 7 heteroatoms. The molecular weight excluding hydrogens is 400 g/mol. The van der Waals surface area contributed by atoms with Crippen LogP contribution in [0.2, 0.25) is 0 Å². The van der Waals surface area contributed by atoms with Gasteiger partial charge in [-0.25, -0.2) is 0 Å². The van der Waals surface area contributed by atoms with E-state index in [2.05, 4.69) is 21.2 Å². The maximum absolute atomic E-state index is 12.5. The van der Waals surface area contributed by atoms with Crippen LogP contribution in [0.5, 0.6) is 5.75 Å². The number of carbonyl (C=O) groups is 3. The number of hydrogen-bond acceptors (Lipinski definition) is 4. The van der Waals surface area contributed by atoms with Crippen LogP contribution in [0.4, 0.5) is 0 Å². The zero-order valence-corrected chi connectivity index (χ0v) is 15.6. The van der Waals surface area contributed by atoms with Gasteiger partial charge in [-0.05, 0) is 36.5 Å². The molecule has 0 spiro atoms. The van der Waals surface area contributed by atoms with Gasteiger partial charge in [-0.2, -0.15) is 0 Å². The van der Waals surface area contributed by atoms with E-state index in [9.17, 15) is 14.4 Å². The molecule has 3 aliphatic rings. The molecule has 1 aliphatic heterocycles. The fourth-order valence-corrected chi connectivity index (χ4v) is 4.61. The number of carbonyl (C=O) groups excluding carboxylic acids is 3. The molecule has 6 nitrogen and oxygen atoms in total. The van der Waals surface area contributed by atoms with Crippen molar-refractivity contribution in [3.63, 3.8) is 0 Å². The molecule has 1 N–H and O–H groups in total. The van der Waals surface area contributed by atoms with Crippen molar-refractivity contribution in [3.05, 3.63) is 40.9 Å². The first-order valence-electron chi connectivity index (χ1n) is 8.73. The number of amides is 3. The monoisotopic (exact) mass is 418 g/mol. The van der Waals surface area contributed by atoms with E-state index in [1.54, 1.807) is 0 Å². The Labute approximate surface area is 159 Å². The van der Waals surface area contributed by atoms with Crippen molar-refractivity contribution in [2.45, 2.75) is 6.42 Å². The number of rotatable bonds is 6. The molecular formula is C19H19BrN2O4. The SMILES string of the molecule is O=C(CN1C(=O)[C@@H]2[C@H](C1=O)[C@H]1C=C[C@H]2C1)NCCOc1cccc(Br)c1. The Morgan fingerprint density at radius 1 is 1.19 bits per heavy atom. The first kappa shape index (κ1) is 17.3. The maximum atomic E-state index is 12.5. The molecule has 1 heterocycles. The molecule has 0 radical (unpaired) electrons. The van der Waals surface area contributed by atoms with Crippen LogP contribution in [0.1, 0.15) is 6.42 Å². The number of hydrogen-bond donors (Lipinski definition) is 1. The smallest absolute Gasteiger partial charge is 0.240 e. The van der Waals surface area contributed by atoms with Crippen molar-refractivity contribution >= 4 is 33.7 Å². The van der Waals surface area contributed by atoms with Crippen molar-refractivity contribution in [1.82, 2.24) is 10.2 Å². The molecule has 3 amide bonds. The minimum atomic E-state index is -0.343. The molecule has 0 aromatic heterocycles. The summed E-state index contributed by atoms with van der Waals surface area (Å²) in [5, 5.41) is 2.70. The molecule has 26 heavy (non-hydrogen) atoms. The molecule has 2 fully saturated rings. The molecule has 4 atom stereocenters. The first-order valence-corrected chi connectivity index (χ1v) is 9.52. The fraction of sp³-hybridized carbons (Fsp3) is 0.421. The average molecular weight is 419 g/mol. The second-order valence-electron chi connectivity index (χ2n) is 6.92. The molecule has 1 aromatic rings. The van der Waals surface area contributed by atoms with Crippen molar-refractivity contribution in [1.29, 1.82) is 0 Å². The molecule has 136 valence electrons. The van der Waals surface area contributed by atoms with Gasteiger partial charge in [0.1, 0.15) is 18.9 Å². The third-order valence-corrected chi connectivity index (χ3v) is 5.85. The molecule has 1 saturated heterocycles. The second-order valence-corrected chi connectivity index (χ2v) is 7.83. The summed E-state index contributed by atoms with van der Waals surface area (Å²) < 4.78 is 6.46. The van der Waals surface area contributed by atoms with Crippen LogP contribution < -0.4 is 10.1 Å². The molecule has 2 bridgehead atoms. The molecule has 0 unspecified atom stereocenters. The lowest BCUT2D eigenvalue weighted by molar-refractivity contribution is -0.144. The third-order valence-electron chi connectivity index (χ3n) is 5.35. The summed E-state index contributed by atoms with van der Waals surface area (Å²) in [5.74, 6) is -0.231. The van der Waals surface area contributed by atoms with Crippen molar-refractivity contribution in [2.24, 2.45) is 23.7 Å². The number of halogens is 1. The lowest BCUT2D eigenvalue weighted by Gasteiger charge is -2.16. The van der Waals surface area contributed by atoms with Crippen LogP contribution in [0.25, 0.3) is 0 Å². The average Bonchev–Trinajstić information content (AvgIpc) is 3.29. The Kier molecular flexibility index (Phi) is 4.56. The Morgan fingerprint density at radius 2 is 1.88 bits per heavy atom. The van der Waals surface area contributed by atoms with Gasteiger partial charge in [0, 0.05) is 4.47 Å². The predicted octanol–water partition coefficient (Wildman–Crippen LogP) is 1.75. The quantitative estimate of drug-likeness (QED) is 0.433. The minimum absolute atomic E-state index is 0.160. The third kappa shape index (κ3) is 3.05. The zero-order chi connectivity index (χ0) is 18.3. The Hall–Kier alpha value is -2.15. The van der Waals surface area contributed by atoms with E-state index >= 15 is 0 Å². The van der Waals surface area contributed by atoms with Crippen LogP contribution in [0, 0.1) is 23.7 Å². The van der Waals surface area contributed by atoms with Gasteiger partial charge < -0.3 is 10.1 Å². The largest absolute Gasteiger partial charge is 0.492 e. The number of benzene rings is 1. The maximum Gasteiger partial charge on any atom is 0.240 e. The number of allylic oxidation sites excluding steroid dienone is 2. The van der Waals surface area contributed by atoms with E-state index in [-0.39, 0.29) is 47.9 Å². The summed E-state index contributed by atoms with van der Waals surface area (Å²) in [4.78, 5) is 38.3. The predicted molar refractivity (Wildman–Crippen MR) is 97.1 cm³/mol. The highest BCUT2D eigenvalue weighted by Gasteiger charge is 2.59. The van der Waals surface area contributed by atoms with Crippen LogP contribution in [-0.4, -0.2) is 42.3 Å². The van der Waals surface area contributed by atoms with Gasteiger partial charge in [0.15, 0.2) is 0 Å². The number of nitrogens with zero attached hydrogens (tertiary/aromatic N) is 1. The van der Waals surface area contributed by atoms with Crippen LogP contribution in [-0.2, 0) is 14.4 Å². The summed E-state index contributed by atoms with van der Waals surface area (Å²) in [6, 6.07) is 7.43. The molecule has 2 aliphatic carbocycles. The van der Waals surface area contributed by atoms with E-state index in [1.807, 2.05) is 36.4 Å². The van der Waals surface area contributed by atoms with E-state index in [0.717, 1.165) is 15.8 Å². The minimum Gasteiger partial charge on any atom is -0.492 e. The highest BCUT2D eigenvalue weighted by atomic mass is 79.9. The second kappa shape index (κ2) is 6.87. The van der Waals surface area contributed by atoms with Crippen molar-refractivity contribution in [2.75, 3.05) is 19.7 Å². The molecule has 4 rings (SSSR count). The number of likely N-dealkylation sites (tertiary alicyclic amines) is 1. The van der Waals surface area contributed by atoms with Crippen LogP contribution >= 0.6 is 15.9 Å². The van der Waals surface area contributed by atoms with Crippen molar-refractivity contribution in [3.8, 4) is 5.75 Å². The Balaban J connectivity index is 1.25. The summed E-state index contributed by atoms with van der Waals surface area (Å²) in [6.45, 7) is 0.408. The molecule has 1 aromatic carbocycles. The fourth-order valence-electron chi connectivity index (χ4n) is 4.24. The Morgan fingerprint density at radius 3 is 2.54 bits per heavy atom. The number of imide groups is 1. The van der Waals surface area contributed by atoms with E-state index < -0.39 is 0 Å². The number of fused-ring (bicyclic) bond motifs is 5. The first-order chi connectivity index (χ1) is 12.5. The summed E-state index contributed by atoms with van der Waals surface area (Å²) >= 11 is 3.36. The van der Waals surface area contributed by atoms with Gasteiger partial charge in [0.05, 0.1) is 18.4 Å². The summed E-state index contributed by atoms with van der Waals surface area (Å²) in [5.41, 5.74) is 0. The zero-order valence-electron chi connectivity index (χ0n) is 14.1. The van der Waals surface area contributed by atoms with Gasteiger partial charge in [0.25, 0.3) is 0 Å². The van der Waals surface area contributed by atoms with Crippen molar-refractivity contribution < 1.29 is 19.1 Å². The van der Waals surface area contributed by atoms with Gasteiger partial charge in [-0.1, -0.05) is 34.1 Å². The van der Waals surface area contributed by atoms with E-state index in [0.29, 0.717) is 18.9 Å². The van der Waals surface area contributed by atoms with Crippen LogP contribution in [0.15, 0.2) is 40.9 Å². The van der Waals surface area contributed by atoms with Gasteiger partial charge >= 0.3 is 0 Å². The lowest BCUT2D eigenvalue weighted by Crippen LogP contribution is -2.42. The summed E-state index contributed by atoms with van der Waals surface area (Å²) in [7, 11) is 0. The Bertz CT molecular complexity index is 763. The normalized spacial score (nSPS) is 28.6. The topological polar surface area (TPSA) is 75.7 Å². The lowest BCUT2D eigenvalue weighted by atomic mass is 9.85. The van der Waals surface area contributed by atoms with E-state index in [1.165, 1.54) is 0 Å². The number of ether oxygens (including phenoxy) is 1. The van der Waals surface area contributed by atoms with Crippen LogP contribution in [0.3, 0.4) is 0 Å². The highest BCUT2D eigenvalue weighted by Crippen LogP contribution is 2.52. The highest BCUT2D eigenvalue weighted by molar-refractivity contribution is 9.10. The molecule has 1 saturated carbocycles. The van der Waals surface area contributed by atoms with Gasteiger partial charge in [-0.3, -0.25) is 19.3 Å². The van der Waals surface area contributed by atoms with Gasteiger partial charge in [0.2, 0.25) is 17.7 Å². The number of nitrogens with one attached hydrogen (secondary N) is 1. The van der Waals surface area contributed by atoms with Gasteiger partial charge in [-0.15, -0.1) is 0 Å². The standard InChI is InChI=1S/C19H19BrN2O4/c20-13-2-1-3-14(9-13)26-7-6-21-15(23)10-22-18(24)16-11-4-5-12(8-11)17(16)19(22)25/h1-5,9,11-12,16-17H,6-8,10H2,(H,21,23)/t11-,12-,16-,17+/m0/s1. The summed E-state index contributed by atoms with van der Waals surface area (Å²) in [6.07, 6.45) is 4.97.